The number of carboxylic acid groups (broad SMARTS) is 2. The highest BCUT2D eigenvalue weighted by atomic mass is 16.4. The van der Waals surface area contributed by atoms with E-state index in [-0.39, 0.29) is 5.57 Å². The van der Waals surface area contributed by atoms with Crippen LogP contribution in [0.3, 0.4) is 0 Å². The van der Waals surface area contributed by atoms with Crippen LogP contribution in [0, 0.1) is 0 Å². The van der Waals surface area contributed by atoms with Crippen LogP contribution in [-0.2, 0) is 9.59 Å². The van der Waals surface area contributed by atoms with Gasteiger partial charge in [0.25, 0.3) is 0 Å². The van der Waals surface area contributed by atoms with Gasteiger partial charge in [0.05, 0.1) is 64.3 Å². The Morgan fingerprint density at radius 3 is 0.721 bits per heavy atom. The molecule has 0 rings (SSSR count). The number of rotatable bonds is 26. The van der Waals surface area contributed by atoms with Crippen LogP contribution in [0.1, 0.15) is 165 Å². The van der Waals surface area contributed by atoms with E-state index in [9.17, 15) is 19.8 Å². The Morgan fingerprint density at radius 2 is 0.628 bits per heavy atom. The van der Waals surface area contributed by atoms with Crippen molar-refractivity contribution in [3.63, 3.8) is 0 Å². The van der Waals surface area contributed by atoms with Gasteiger partial charge in [-0.15, -0.1) is 0 Å². The van der Waals surface area contributed by atoms with Crippen LogP contribution in [0.4, 0.5) is 0 Å². The fraction of sp³-hybridized carbons (Fsp3) is 0.892. The van der Waals surface area contributed by atoms with Crippen molar-refractivity contribution in [2.45, 2.75) is 165 Å². The minimum absolute atomic E-state index is 0.352. The molecule has 0 heterocycles. The number of unbranched alkanes of at least 4 members (excludes halogenated alkanes) is 8. The normalized spacial score (nSPS) is 11.8. The Morgan fingerprint density at radius 1 is 0.442 bits per heavy atom. The maximum absolute atomic E-state index is 9.76. The number of carbonyl (C=O) groups excluding carboxylic acids is 2. The summed E-state index contributed by atoms with van der Waals surface area (Å²) in [6, 6.07) is 0. The molecule has 0 aliphatic rings. The third-order valence-electron chi connectivity index (χ3n) is 8.54. The molecule has 6 heteroatoms. The van der Waals surface area contributed by atoms with Crippen molar-refractivity contribution in [2.24, 2.45) is 0 Å². The lowest BCUT2D eigenvalue weighted by Crippen LogP contribution is -2.50. The van der Waals surface area contributed by atoms with Crippen LogP contribution in [0.5, 0.6) is 0 Å². The Kier molecular flexibility index (Phi) is 34.3. The molecule has 0 spiro atoms. The van der Waals surface area contributed by atoms with Crippen molar-refractivity contribution >= 4 is 11.9 Å². The zero-order valence-electron chi connectivity index (χ0n) is 30.6. The first-order chi connectivity index (χ1) is 20.5. The summed E-state index contributed by atoms with van der Waals surface area (Å²) in [5.74, 6) is -3.03. The van der Waals surface area contributed by atoms with Crippen molar-refractivity contribution in [1.29, 1.82) is 0 Å². The van der Waals surface area contributed by atoms with Gasteiger partial charge in [0.2, 0.25) is 0 Å². The molecule has 6 nitrogen and oxygen atoms in total. The molecule has 0 saturated heterocycles. The topological polar surface area (TPSA) is 80.3 Å². The van der Waals surface area contributed by atoms with Crippen molar-refractivity contribution in [1.82, 2.24) is 0 Å². The number of nitrogens with zero attached hydrogens (tertiary/aromatic N) is 2. The maximum atomic E-state index is 9.76. The van der Waals surface area contributed by atoms with E-state index in [1.165, 1.54) is 164 Å². The lowest BCUT2D eigenvalue weighted by Gasteiger charge is -2.39. The van der Waals surface area contributed by atoms with E-state index >= 15 is 0 Å². The second-order valence-corrected chi connectivity index (χ2v) is 12.7. The minimum Gasteiger partial charge on any atom is -0.545 e. The summed E-state index contributed by atoms with van der Waals surface area (Å²) in [4.78, 5) is 19.4. The number of quaternary nitrogens is 2. The molecular formula is C37H76N2O4. The zero-order valence-corrected chi connectivity index (χ0v) is 30.6. The number of carbonyl (C=O) groups is 2. The number of carboxylic acids is 2. The Hall–Kier alpha value is -1.40. The van der Waals surface area contributed by atoms with Crippen LogP contribution in [0.25, 0.3) is 0 Å². The number of hydrogen-bond acceptors (Lipinski definition) is 4. The van der Waals surface area contributed by atoms with Gasteiger partial charge in [0, 0.05) is 0 Å². The van der Waals surface area contributed by atoms with Crippen LogP contribution in [-0.4, -0.2) is 73.3 Å². The highest BCUT2D eigenvalue weighted by Crippen LogP contribution is 2.17. The first-order valence-electron chi connectivity index (χ1n) is 18.3. The highest BCUT2D eigenvalue weighted by Gasteiger charge is 2.25. The molecule has 0 aliphatic carbocycles. The Balaban J connectivity index is -0.000000586. The van der Waals surface area contributed by atoms with E-state index in [4.69, 9.17) is 0 Å². The minimum atomic E-state index is -1.53. The average Bonchev–Trinajstić information content (AvgIpc) is 3.00. The van der Waals surface area contributed by atoms with E-state index in [2.05, 4.69) is 55.4 Å². The van der Waals surface area contributed by atoms with Gasteiger partial charge in [-0.05, 0) is 69.9 Å². The maximum Gasteiger partial charge on any atom is 0.0786 e. The third-order valence-corrected chi connectivity index (χ3v) is 8.54. The van der Waals surface area contributed by atoms with Crippen LogP contribution >= 0.6 is 0 Å². The summed E-state index contributed by atoms with van der Waals surface area (Å²) in [6.45, 7) is 31.2. The number of hydrogen-bond donors (Lipinski definition) is 0. The first kappa shape index (κ1) is 46.0. The summed E-state index contributed by atoms with van der Waals surface area (Å²) in [7, 11) is 0. The smallest absolute Gasteiger partial charge is 0.0786 e. The molecule has 0 bridgehead atoms. The van der Waals surface area contributed by atoms with E-state index < -0.39 is 11.9 Å². The first-order valence-corrected chi connectivity index (χ1v) is 18.3. The molecule has 0 saturated carbocycles. The Bertz CT molecular complexity index is 552. The fourth-order valence-corrected chi connectivity index (χ4v) is 5.53. The van der Waals surface area contributed by atoms with Gasteiger partial charge < -0.3 is 28.8 Å². The predicted molar refractivity (Wildman–Crippen MR) is 182 cm³/mol. The molecule has 0 N–H and O–H groups in total. The van der Waals surface area contributed by atoms with Gasteiger partial charge in [-0.1, -0.05) is 107 Å². The van der Waals surface area contributed by atoms with Crippen molar-refractivity contribution in [3.8, 4) is 0 Å². The van der Waals surface area contributed by atoms with Crippen LogP contribution in [0.15, 0.2) is 11.6 Å². The lowest BCUT2D eigenvalue weighted by molar-refractivity contribution is -0.929. The summed E-state index contributed by atoms with van der Waals surface area (Å²) in [5, 5.41) is 19.4. The average molecular weight is 613 g/mol. The SMILES string of the molecule is C/C(=C/C(=O)[O-])C(=O)[O-].CCCC[N+](CCCC)(CCCC)CCCC.CCCC[N+](CCCC)(CCCC)CCCC. The second kappa shape index (κ2) is 32.0. The molecule has 0 aromatic heterocycles. The van der Waals surface area contributed by atoms with Gasteiger partial charge >= 0.3 is 0 Å². The second-order valence-electron chi connectivity index (χ2n) is 12.7. The summed E-state index contributed by atoms with van der Waals surface area (Å²) < 4.78 is 2.84. The fourth-order valence-electron chi connectivity index (χ4n) is 5.53. The van der Waals surface area contributed by atoms with Gasteiger partial charge in [-0.3, -0.25) is 0 Å². The summed E-state index contributed by atoms with van der Waals surface area (Å²) in [5.41, 5.74) is -0.352. The molecule has 0 amide bonds. The molecule has 0 aromatic rings. The van der Waals surface area contributed by atoms with E-state index in [0.717, 1.165) is 6.92 Å². The monoisotopic (exact) mass is 613 g/mol. The lowest BCUT2D eigenvalue weighted by atomic mass is 10.1. The quantitative estimate of drug-likeness (QED) is 0.0751. The van der Waals surface area contributed by atoms with Crippen molar-refractivity contribution < 1.29 is 28.8 Å². The zero-order chi connectivity index (χ0) is 33.4. The molecular weight excluding hydrogens is 536 g/mol. The van der Waals surface area contributed by atoms with Crippen molar-refractivity contribution in [2.75, 3.05) is 52.4 Å². The molecule has 0 fully saturated rings. The van der Waals surface area contributed by atoms with E-state index in [1.807, 2.05) is 0 Å². The summed E-state index contributed by atoms with van der Waals surface area (Å²) in [6.07, 6.45) is 22.6. The molecule has 258 valence electrons. The molecule has 0 aromatic carbocycles. The van der Waals surface area contributed by atoms with Gasteiger partial charge in [0.15, 0.2) is 0 Å². The standard InChI is InChI=1S/2C16H36N.C5H6O4/c2*1-5-9-13-17(14-10-6-2,15-11-7-3)16-12-8-4;1-3(5(8)9)2-4(6)7/h2*5-16H2,1-4H3;2H,1H3,(H,6,7)(H,8,9)/q2*+1;/p-2/b;;3-2-. The summed E-state index contributed by atoms with van der Waals surface area (Å²) >= 11 is 0. The predicted octanol–water partition coefficient (Wildman–Crippen LogP) is 7.44. The molecule has 0 radical (unpaired) electrons. The Labute approximate surface area is 269 Å². The highest BCUT2D eigenvalue weighted by molar-refractivity contribution is 5.92. The molecule has 0 aliphatic heterocycles. The van der Waals surface area contributed by atoms with Crippen molar-refractivity contribution in [3.05, 3.63) is 11.6 Å². The number of aliphatic carboxylic acids is 2. The molecule has 0 unspecified atom stereocenters. The third kappa shape index (κ3) is 27.9. The van der Waals surface area contributed by atoms with Gasteiger partial charge in [0.1, 0.15) is 0 Å². The van der Waals surface area contributed by atoms with Crippen LogP contribution in [0.2, 0.25) is 0 Å². The van der Waals surface area contributed by atoms with E-state index in [1.54, 1.807) is 0 Å². The largest absolute Gasteiger partial charge is 0.545 e. The van der Waals surface area contributed by atoms with Gasteiger partial charge in [-0.25, -0.2) is 0 Å². The van der Waals surface area contributed by atoms with Gasteiger partial charge in [-0.2, -0.15) is 0 Å². The molecule has 0 atom stereocenters. The van der Waals surface area contributed by atoms with E-state index in [0.29, 0.717) is 6.08 Å². The van der Waals surface area contributed by atoms with Crippen LogP contribution < -0.4 is 10.2 Å². The molecule has 43 heavy (non-hydrogen) atoms.